The molecule has 0 bridgehead atoms. The highest BCUT2D eigenvalue weighted by atomic mass is 32.2. The van der Waals surface area contributed by atoms with Crippen LogP contribution in [0.5, 0.6) is 0 Å². The summed E-state index contributed by atoms with van der Waals surface area (Å²) in [4.78, 5) is 3.56. The van der Waals surface area contributed by atoms with Gasteiger partial charge in [0.1, 0.15) is 23.0 Å². The van der Waals surface area contributed by atoms with Gasteiger partial charge in [-0.15, -0.1) is 0 Å². The molecule has 0 aliphatic heterocycles. The lowest BCUT2D eigenvalue weighted by Gasteiger charge is -2.07. The van der Waals surface area contributed by atoms with Crippen LogP contribution in [0.2, 0.25) is 0 Å². The Morgan fingerprint density at radius 1 is 1.32 bits per heavy atom. The fourth-order valence-electron chi connectivity index (χ4n) is 2.54. The number of hydrogen-bond acceptors (Lipinski definition) is 6. The number of aliphatic hydroxyl groups is 1. The van der Waals surface area contributed by atoms with Crippen LogP contribution in [0.15, 0.2) is 45.9 Å². The molecule has 0 spiro atoms. The standard InChI is InChI=1S/C16H14FN3O4S/c1-9-11(3-2-6-19-9)16-15(13(8-21)24-20-16)10-4-5-14(12(17)7-10)25(18,22)23/h2-7,21H,8H2,1H3,(H2,18,22,23). The van der Waals surface area contributed by atoms with Crippen molar-refractivity contribution in [3.05, 3.63) is 53.8 Å². The number of halogens is 1. The highest BCUT2D eigenvalue weighted by Crippen LogP contribution is 2.36. The summed E-state index contributed by atoms with van der Waals surface area (Å²) < 4.78 is 42.1. The minimum absolute atomic E-state index is 0.126. The van der Waals surface area contributed by atoms with E-state index < -0.39 is 27.3 Å². The highest BCUT2D eigenvalue weighted by molar-refractivity contribution is 7.89. The van der Waals surface area contributed by atoms with E-state index in [4.69, 9.17) is 9.66 Å². The van der Waals surface area contributed by atoms with E-state index in [1.54, 1.807) is 25.3 Å². The van der Waals surface area contributed by atoms with Gasteiger partial charge in [-0.25, -0.2) is 17.9 Å². The number of sulfonamides is 1. The summed E-state index contributed by atoms with van der Waals surface area (Å²) in [5.74, 6) is -0.875. The normalized spacial score (nSPS) is 11.7. The Bertz CT molecular complexity index is 1050. The first-order valence-electron chi connectivity index (χ1n) is 7.17. The van der Waals surface area contributed by atoms with Crippen LogP contribution in [0.3, 0.4) is 0 Å². The molecule has 0 aliphatic carbocycles. The molecule has 2 heterocycles. The van der Waals surface area contributed by atoms with E-state index in [2.05, 4.69) is 10.1 Å². The summed E-state index contributed by atoms with van der Waals surface area (Å²) in [5, 5.41) is 18.4. The lowest BCUT2D eigenvalue weighted by molar-refractivity contribution is 0.230. The lowest BCUT2D eigenvalue weighted by Crippen LogP contribution is -2.14. The molecule has 0 amide bonds. The predicted molar refractivity (Wildman–Crippen MR) is 87.2 cm³/mol. The molecular weight excluding hydrogens is 349 g/mol. The van der Waals surface area contributed by atoms with Crippen LogP contribution in [-0.4, -0.2) is 23.7 Å². The largest absolute Gasteiger partial charge is 0.388 e. The van der Waals surface area contributed by atoms with Gasteiger partial charge in [0.2, 0.25) is 10.0 Å². The Balaban J connectivity index is 2.23. The van der Waals surface area contributed by atoms with E-state index in [1.807, 2.05) is 0 Å². The van der Waals surface area contributed by atoms with E-state index in [0.717, 1.165) is 12.1 Å². The average molecular weight is 363 g/mol. The zero-order valence-corrected chi connectivity index (χ0v) is 13.9. The van der Waals surface area contributed by atoms with E-state index in [9.17, 15) is 17.9 Å². The molecule has 9 heteroatoms. The van der Waals surface area contributed by atoms with Crippen molar-refractivity contribution >= 4 is 10.0 Å². The first kappa shape index (κ1) is 17.2. The van der Waals surface area contributed by atoms with Crippen molar-refractivity contribution in [2.24, 2.45) is 5.14 Å². The van der Waals surface area contributed by atoms with Crippen molar-refractivity contribution in [2.75, 3.05) is 0 Å². The third kappa shape index (κ3) is 3.16. The average Bonchev–Trinajstić information content (AvgIpc) is 2.97. The van der Waals surface area contributed by atoms with Gasteiger partial charge in [0.15, 0.2) is 5.76 Å². The molecule has 0 radical (unpaired) electrons. The number of pyridine rings is 1. The van der Waals surface area contributed by atoms with Crippen molar-refractivity contribution in [1.82, 2.24) is 10.1 Å². The third-order valence-electron chi connectivity index (χ3n) is 3.70. The second kappa shape index (κ2) is 6.36. The van der Waals surface area contributed by atoms with Crippen LogP contribution in [-0.2, 0) is 16.6 Å². The van der Waals surface area contributed by atoms with Crippen molar-refractivity contribution in [3.8, 4) is 22.4 Å². The zero-order valence-electron chi connectivity index (χ0n) is 13.1. The summed E-state index contributed by atoms with van der Waals surface area (Å²) in [6.07, 6.45) is 1.62. The number of rotatable bonds is 4. The Morgan fingerprint density at radius 2 is 2.08 bits per heavy atom. The molecule has 3 aromatic rings. The van der Waals surface area contributed by atoms with Gasteiger partial charge >= 0.3 is 0 Å². The molecule has 1 aromatic carbocycles. The number of aromatic nitrogens is 2. The van der Waals surface area contributed by atoms with Crippen LogP contribution in [0.1, 0.15) is 11.5 Å². The Hall–Kier alpha value is -2.62. The van der Waals surface area contributed by atoms with Crippen LogP contribution >= 0.6 is 0 Å². The molecule has 0 saturated carbocycles. The minimum Gasteiger partial charge on any atom is -0.388 e. The lowest BCUT2D eigenvalue weighted by atomic mass is 9.98. The maximum absolute atomic E-state index is 14.2. The quantitative estimate of drug-likeness (QED) is 0.731. The molecule has 25 heavy (non-hydrogen) atoms. The summed E-state index contributed by atoms with van der Waals surface area (Å²) in [5.41, 5.74) is 2.35. The molecule has 7 nitrogen and oxygen atoms in total. The SMILES string of the molecule is Cc1ncccc1-c1noc(CO)c1-c1ccc(S(N)(=O)=O)c(F)c1. The first-order valence-corrected chi connectivity index (χ1v) is 8.71. The van der Waals surface area contributed by atoms with Gasteiger partial charge in [-0.05, 0) is 36.8 Å². The Morgan fingerprint density at radius 3 is 2.68 bits per heavy atom. The number of aliphatic hydroxyl groups excluding tert-OH is 1. The molecule has 0 aliphatic rings. The fourth-order valence-corrected chi connectivity index (χ4v) is 3.12. The van der Waals surface area contributed by atoms with Crippen LogP contribution in [0, 0.1) is 12.7 Å². The van der Waals surface area contributed by atoms with Crippen LogP contribution < -0.4 is 5.14 Å². The highest BCUT2D eigenvalue weighted by Gasteiger charge is 2.22. The van der Waals surface area contributed by atoms with Gasteiger partial charge < -0.3 is 9.63 Å². The number of hydrogen-bond donors (Lipinski definition) is 2. The molecule has 0 atom stereocenters. The molecule has 3 rings (SSSR count). The van der Waals surface area contributed by atoms with Crippen molar-refractivity contribution < 1.29 is 22.4 Å². The zero-order chi connectivity index (χ0) is 18.2. The van der Waals surface area contributed by atoms with Gasteiger partial charge in [-0.1, -0.05) is 11.2 Å². The summed E-state index contributed by atoms with van der Waals surface area (Å²) >= 11 is 0. The monoisotopic (exact) mass is 363 g/mol. The van der Waals surface area contributed by atoms with Crippen LogP contribution in [0.4, 0.5) is 4.39 Å². The van der Waals surface area contributed by atoms with E-state index in [0.29, 0.717) is 28.1 Å². The number of nitrogens with two attached hydrogens (primary N) is 1. The van der Waals surface area contributed by atoms with E-state index in [1.165, 1.54) is 6.07 Å². The summed E-state index contributed by atoms with van der Waals surface area (Å²) in [6, 6.07) is 6.93. The second-order valence-corrected chi connectivity index (χ2v) is 6.84. The number of aryl methyl sites for hydroxylation is 1. The van der Waals surface area contributed by atoms with Gasteiger partial charge in [0, 0.05) is 17.5 Å². The molecule has 0 saturated heterocycles. The van der Waals surface area contributed by atoms with Crippen LogP contribution in [0.25, 0.3) is 22.4 Å². The number of nitrogens with zero attached hydrogens (tertiary/aromatic N) is 2. The maximum atomic E-state index is 14.2. The molecule has 0 unspecified atom stereocenters. The smallest absolute Gasteiger partial charge is 0.240 e. The molecule has 130 valence electrons. The van der Waals surface area contributed by atoms with Gasteiger partial charge in [0.25, 0.3) is 0 Å². The third-order valence-corrected chi connectivity index (χ3v) is 4.64. The Kier molecular flexibility index (Phi) is 4.38. The van der Waals surface area contributed by atoms with E-state index in [-0.39, 0.29) is 5.76 Å². The van der Waals surface area contributed by atoms with E-state index >= 15 is 0 Å². The van der Waals surface area contributed by atoms with Gasteiger partial charge in [0.05, 0.1) is 5.56 Å². The number of primary sulfonamides is 1. The van der Waals surface area contributed by atoms with Crippen molar-refractivity contribution in [3.63, 3.8) is 0 Å². The maximum Gasteiger partial charge on any atom is 0.240 e. The molecule has 3 N–H and O–H groups in total. The number of benzene rings is 1. The molecule has 0 fully saturated rings. The Labute approximate surface area is 143 Å². The molecular formula is C16H14FN3O4S. The first-order chi connectivity index (χ1) is 11.8. The van der Waals surface area contributed by atoms with Crippen molar-refractivity contribution in [2.45, 2.75) is 18.4 Å². The van der Waals surface area contributed by atoms with Gasteiger partial charge in [-0.3, -0.25) is 4.98 Å². The summed E-state index contributed by atoms with van der Waals surface area (Å²) in [7, 11) is -4.18. The predicted octanol–water partition coefficient (Wildman–Crippen LogP) is 1.99. The van der Waals surface area contributed by atoms with Crippen molar-refractivity contribution in [1.29, 1.82) is 0 Å². The molecule has 2 aromatic heterocycles. The topological polar surface area (TPSA) is 119 Å². The fraction of sp³-hybridized carbons (Fsp3) is 0.125. The minimum atomic E-state index is -4.18. The second-order valence-electron chi connectivity index (χ2n) is 5.31. The summed E-state index contributed by atoms with van der Waals surface area (Å²) in [6.45, 7) is 1.32. The van der Waals surface area contributed by atoms with Gasteiger partial charge in [-0.2, -0.15) is 0 Å².